The van der Waals surface area contributed by atoms with E-state index in [-0.39, 0.29) is 17.8 Å². The highest BCUT2D eigenvalue weighted by atomic mass is 19.1. The molecule has 1 aromatic carbocycles. The molecule has 0 spiro atoms. The van der Waals surface area contributed by atoms with Crippen LogP contribution in [0.25, 0.3) is 11.0 Å². The van der Waals surface area contributed by atoms with Gasteiger partial charge in [-0.1, -0.05) is 0 Å². The van der Waals surface area contributed by atoms with Crippen molar-refractivity contribution in [2.45, 2.75) is 38.4 Å². The van der Waals surface area contributed by atoms with Crippen molar-refractivity contribution in [2.75, 3.05) is 19.8 Å². The van der Waals surface area contributed by atoms with Crippen molar-refractivity contribution in [3.8, 4) is 0 Å². The lowest BCUT2D eigenvalue weighted by molar-refractivity contribution is -0.133. The molecule has 3 rings (SSSR count). The van der Waals surface area contributed by atoms with Crippen LogP contribution in [-0.4, -0.2) is 47.4 Å². The summed E-state index contributed by atoms with van der Waals surface area (Å²) in [5.41, 5.74) is 1.49. The minimum Gasteiger partial charge on any atom is -0.376 e. The van der Waals surface area contributed by atoms with Gasteiger partial charge in [-0.15, -0.1) is 0 Å². The van der Waals surface area contributed by atoms with Crippen molar-refractivity contribution in [3.63, 3.8) is 0 Å². The second-order valence-corrected chi connectivity index (χ2v) is 6.37. The Bertz CT molecular complexity index is 740. The van der Waals surface area contributed by atoms with E-state index < -0.39 is 6.10 Å². The van der Waals surface area contributed by atoms with Crippen molar-refractivity contribution < 1.29 is 18.7 Å². The molecule has 1 saturated heterocycles. The number of nitrogens with one attached hydrogen (secondary N) is 1. The van der Waals surface area contributed by atoms with E-state index in [9.17, 15) is 9.18 Å². The number of rotatable bonds is 7. The van der Waals surface area contributed by atoms with E-state index in [1.807, 2.05) is 11.6 Å². The predicted molar refractivity (Wildman–Crippen MR) is 91.8 cm³/mol. The van der Waals surface area contributed by atoms with E-state index in [2.05, 4.69) is 10.3 Å². The van der Waals surface area contributed by atoms with Gasteiger partial charge in [-0.25, -0.2) is 9.37 Å². The Labute approximate surface area is 146 Å². The molecule has 0 bridgehead atoms. The van der Waals surface area contributed by atoms with Crippen LogP contribution >= 0.6 is 0 Å². The zero-order valence-corrected chi connectivity index (χ0v) is 14.6. The van der Waals surface area contributed by atoms with Crippen molar-refractivity contribution in [1.82, 2.24) is 14.9 Å². The Hall–Kier alpha value is -1.99. The van der Waals surface area contributed by atoms with Crippen LogP contribution in [0.4, 0.5) is 4.39 Å². The van der Waals surface area contributed by atoms with Gasteiger partial charge < -0.3 is 19.4 Å². The van der Waals surface area contributed by atoms with E-state index in [1.54, 1.807) is 13.0 Å². The predicted octanol–water partition coefficient (Wildman–Crippen LogP) is 1.96. The van der Waals surface area contributed by atoms with E-state index in [1.165, 1.54) is 12.1 Å². The molecule has 2 aromatic rings. The van der Waals surface area contributed by atoms with E-state index in [0.717, 1.165) is 36.3 Å². The molecule has 1 fully saturated rings. The van der Waals surface area contributed by atoms with Gasteiger partial charge in [0.15, 0.2) is 0 Å². The molecule has 1 N–H and O–H groups in total. The SMILES string of the molecule is C[C@H](OC[C@@H]1CCCO1)C(=O)NCCc1nc2ccc(F)cc2n1C. The van der Waals surface area contributed by atoms with Gasteiger partial charge in [0, 0.05) is 26.6 Å². The lowest BCUT2D eigenvalue weighted by Gasteiger charge is -2.16. The maximum atomic E-state index is 13.3. The molecule has 2 heterocycles. The largest absolute Gasteiger partial charge is 0.376 e. The summed E-state index contributed by atoms with van der Waals surface area (Å²) in [5, 5.41) is 2.86. The van der Waals surface area contributed by atoms with Crippen LogP contribution in [-0.2, 0) is 27.7 Å². The summed E-state index contributed by atoms with van der Waals surface area (Å²) in [6, 6.07) is 4.52. The molecule has 1 aromatic heterocycles. The number of benzene rings is 1. The zero-order chi connectivity index (χ0) is 17.8. The molecule has 2 atom stereocenters. The summed E-state index contributed by atoms with van der Waals surface area (Å²) in [5.74, 6) is 0.365. The van der Waals surface area contributed by atoms with Crippen LogP contribution in [0.3, 0.4) is 0 Å². The molecule has 0 aliphatic carbocycles. The first-order valence-corrected chi connectivity index (χ1v) is 8.66. The maximum Gasteiger partial charge on any atom is 0.248 e. The number of imidazole rings is 1. The van der Waals surface area contributed by atoms with Gasteiger partial charge in [-0.05, 0) is 38.0 Å². The molecule has 7 heteroatoms. The first kappa shape index (κ1) is 17.8. The van der Waals surface area contributed by atoms with Crippen LogP contribution in [0.15, 0.2) is 18.2 Å². The number of hydrogen-bond donors (Lipinski definition) is 1. The minimum absolute atomic E-state index is 0.107. The highest BCUT2D eigenvalue weighted by Crippen LogP contribution is 2.16. The Morgan fingerprint density at radius 2 is 2.40 bits per heavy atom. The number of ether oxygens (including phenoxy) is 2. The monoisotopic (exact) mass is 349 g/mol. The van der Waals surface area contributed by atoms with Gasteiger partial charge in [-0.3, -0.25) is 4.79 Å². The van der Waals surface area contributed by atoms with Gasteiger partial charge >= 0.3 is 0 Å². The Kier molecular flexibility index (Phi) is 5.65. The molecule has 6 nitrogen and oxygen atoms in total. The number of nitrogens with zero attached hydrogens (tertiary/aromatic N) is 2. The number of carbonyl (C=O) groups excluding carboxylic acids is 1. The number of carbonyl (C=O) groups is 1. The Balaban J connectivity index is 1.47. The summed E-state index contributed by atoms with van der Waals surface area (Å²) in [7, 11) is 1.85. The first-order chi connectivity index (χ1) is 12.0. The average molecular weight is 349 g/mol. The van der Waals surface area contributed by atoms with Crippen molar-refractivity contribution in [1.29, 1.82) is 0 Å². The normalized spacial score (nSPS) is 18.6. The summed E-state index contributed by atoms with van der Waals surface area (Å²) in [4.78, 5) is 16.6. The fourth-order valence-electron chi connectivity index (χ4n) is 2.98. The van der Waals surface area contributed by atoms with Gasteiger partial charge in [0.25, 0.3) is 0 Å². The molecule has 1 aliphatic heterocycles. The highest BCUT2D eigenvalue weighted by molar-refractivity contribution is 5.80. The summed E-state index contributed by atoms with van der Waals surface area (Å²) in [6.07, 6.45) is 2.20. The van der Waals surface area contributed by atoms with Crippen molar-refractivity contribution in [3.05, 3.63) is 29.8 Å². The molecule has 0 saturated carbocycles. The zero-order valence-electron chi connectivity index (χ0n) is 14.6. The smallest absolute Gasteiger partial charge is 0.248 e. The lowest BCUT2D eigenvalue weighted by Crippen LogP contribution is -2.37. The summed E-state index contributed by atoms with van der Waals surface area (Å²) >= 11 is 0. The van der Waals surface area contributed by atoms with Crippen molar-refractivity contribution in [2.24, 2.45) is 7.05 Å². The molecule has 136 valence electrons. The number of hydrogen-bond acceptors (Lipinski definition) is 4. The van der Waals surface area contributed by atoms with Crippen LogP contribution < -0.4 is 5.32 Å². The summed E-state index contributed by atoms with van der Waals surface area (Å²) in [6.45, 7) is 3.41. The number of halogens is 1. The molecule has 1 amide bonds. The number of aryl methyl sites for hydroxylation is 1. The fourth-order valence-corrected chi connectivity index (χ4v) is 2.98. The van der Waals surface area contributed by atoms with Gasteiger partial charge in [0.2, 0.25) is 5.91 Å². The molecular weight excluding hydrogens is 325 g/mol. The van der Waals surface area contributed by atoms with Crippen LogP contribution in [0.2, 0.25) is 0 Å². The second kappa shape index (κ2) is 7.93. The molecule has 25 heavy (non-hydrogen) atoms. The van der Waals surface area contributed by atoms with E-state index in [0.29, 0.717) is 19.6 Å². The minimum atomic E-state index is -0.515. The molecule has 0 unspecified atom stereocenters. The second-order valence-electron chi connectivity index (χ2n) is 6.37. The van der Waals surface area contributed by atoms with Crippen LogP contribution in [0.5, 0.6) is 0 Å². The number of aromatic nitrogens is 2. The molecular formula is C18H24FN3O3. The average Bonchev–Trinajstić information content (AvgIpc) is 3.22. The Morgan fingerprint density at radius 1 is 1.56 bits per heavy atom. The highest BCUT2D eigenvalue weighted by Gasteiger charge is 2.19. The van der Waals surface area contributed by atoms with Crippen LogP contribution in [0, 0.1) is 5.82 Å². The topological polar surface area (TPSA) is 65.4 Å². The standard InChI is InChI=1S/C18H24FN3O3/c1-12(25-11-14-4-3-9-24-14)18(23)20-8-7-17-21-15-6-5-13(19)10-16(15)22(17)2/h5-6,10,12,14H,3-4,7-9,11H2,1-2H3,(H,20,23)/t12-,14-/m0/s1. The van der Waals surface area contributed by atoms with Crippen molar-refractivity contribution >= 4 is 16.9 Å². The summed E-state index contributed by atoms with van der Waals surface area (Å²) < 4.78 is 26.2. The quantitative estimate of drug-likeness (QED) is 0.830. The number of amides is 1. The molecule has 1 aliphatic rings. The van der Waals surface area contributed by atoms with Crippen LogP contribution in [0.1, 0.15) is 25.6 Å². The third kappa shape index (κ3) is 4.35. The van der Waals surface area contributed by atoms with E-state index >= 15 is 0 Å². The van der Waals surface area contributed by atoms with Gasteiger partial charge in [0.1, 0.15) is 17.7 Å². The van der Waals surface area contributed by atoms with Gasteiger partial charge in [-0.2, -0.15) is 0 Å². The Morgan fingerprint density at radius 3 is 3.16 bits per heavy atom. The third-order valence-electron chi connectivity index (χ3n) is 4.51. The van der Waals surface area contributed by atoms with E-state index in [4.69, 9.17) is 9.47 Å². The first-order valence-electron chi connectivity index (χ1n) is 8.66. The lowest BCUT2D eigenvalue weighted by atomic mass is 10.2. The maximum absolute atomic E-state index is 13.3. The number of fused-ring (bicyclic) bond motifs is 1. The molecule has 0 radical (unpaired) electrons. The van der Waals surface area contributed by atoms with Gasteiger partial charge in [0.05, 0.1) is 23.7 Å². The third-order valence-corrected chi connectivity index (χ3v) is 4.51. The fraction of sp³-hybridized carbons (Fsp3) is 0.556.